The quantitative estimate of drug-likeness (QED) is 0.775. The third-order valence-electron chi connectivity index (χ3n) is 2.97. The van der Waals surface area contributed by atoms with Crippen molar-refractivity contribution in [3.05, 3.63) is 29.6 Å². The van der Waals surface area contributed by atoms with Crippen molar-refractivity contribution in [1.82, 2.24) is 5.32 Å². The summed E-state index contributed by atoms with van der Waals surface area (Å²) in [7, 11) is 0. The van der Waals surface area contributed by atoms with Gasteiger partial charge in [0.2, 0.25) is 0 Å². The summed E-state index contributed by atoms with van der Waals surface area (Å²) >= 11 is 0. The van der Waals surface area contributed by atoms with E-state index in [9.17, 15) is 9.18 Å². The second kappa shape index (κ2) is 6.23. The van der Waals surface area contributed by atoms with Crippen molar-refractivity contribution in [2.24, 2.45) is 5.92 Å². The van der Waals surface area contributed by atoms with Crippen molar-refractivity contribution >= 4 is 11.6 Å². The molecule has 0 aliphatic carbocycles. The fourth-order valence-corrected chi connectivity index (χ4v) is 1.58. The minimum Gasteiger partial charge on any atom is -0.396 e. The zero-order chi connectivity index (χ0) is 12.8. The van der Waals surface area contributed by atoms with Crippen LogP contribution in [-0.4, -0.2) is 12.5 Å². The minimum absolute atomic E-state index is 0.0570. The normalized spacial score (nSPS) is 10.6. The molecule has 0 spiro atoms. The topological polar surface area (TPSA) is 55.1 Å². The molecule has 94 valence electrons. The molecular weight excluding hydrogens is 219 g/mol. The van der Waals surface area contributed by atoms with E-state index in [4.69, 9.17) is 5.73 Å². The number of rotatable bonds is 5. The lowest BCUT2D eigenvalue weighted by Crippen LogP contribution is -2.29. The molecule has 0 bridgehead atoms. The van der Waals surface area contributed by atoms with Crippen molar-refractivity contribution in [3.63, 3.8) is 0 Å². The number of hydrogen-bond acceptors (Lipinski definition) is 2. The maximum atomic E-state index is 13.2. The van der Waals surface area contributed by atoms with Gasteiger partial charge in [-0.15, -0.1) is 0 Å². The highest BCUT2D eigenvalue weighted by molar-refractivity contribution is 5.94. The predicted octanol–water partition coefficient (Wildman–Crippen LogP) is 2.57. The zero-order valence-electron chi connectivity index (χ0n) is 10.3. The fraction of sp³-hybridized carbons (Fsp3) is 0.462. The van der Waals surface area contributed by atoms with Gasteiger partial charge in [0.05, 0.1) is 5.69 Å². The predicted molar refractivity (Wildman–Crippen MR) is 67.2 cm³/mol. The summed E-state index contributed by atoms with van der Waals surface area (Å²) in [6.45, 7) is 4.80. The summed E-state index contributed by atoms with van der Waals surface area (Å²) in [4.78, 5) is 11.7. The molecule has 0 atom stereocenters. The maximum Gasteiger partial charge on any atom is 0.251 e. The standard InChI is InChI=1S/C13H19FN2O/c1-3-9(4-2)8-16-13(17)10-5-6-12(15)11(14)7-10/h5-7,9H,3-4,8,15H2,1-2H3,(H,16,17). The molecule has 4 heteroatoms. The first kappa shape index (κ1) is 13.5. The van der Waals surface area contributed by atoms with Gasteiger partial charge in [-0.25, -0.2) is 4.39 Å². The number of nitrogen functional groups attached to an aromatic ring is 1. The van der Waals surface area contributed by atoms with E-state index < -0.39 is 5.82 Å². The van der Waals surface area contributed by atoms with Crippen LogP contribution in [0.1, 0.15) is 37.0 Å². The highest BCUT2D eigenvalue weighted by Gasteiger charge is 2.10. The first-order valence-electron chi connectivity index (χ1n) is 5.91. The van der Waals surface area contributed by atoms with Crippen LogP contribution in [0.15, 0.2) is 18.2 Å². The Balaban J connectivity index is 2.61. The van der Waals surface area contributed by atoms with Crippen LogP contribution in [0.2, 0.25) is 0 Å². The second-order valence-electron chi connectivity index (χ2n) is 4.13. The van der Waals surface area contributed by atoms with Crippen LogP contribution in [-0.2, 0) is 0 Å². The first-order chi connectivity index (χ1) is 8.08. The molecule has 0 aliphatic heterocycles. The van der Waals surface area contributed by atoms with Gasteiger partial charge < -0.3 is 11.1 Å². The molecule has 0 radical (unpaired) electrons. The van der Waals surface area contributed by atoms with Crippen LogP contribution in [0.3, 0.4) is 0 Å². The van der Waals surface area contributed by atoms with Gasteiger partial charge in [-0.3, -0.25) is 4.79 Å². The lowest BCUT2D eigenvalue weighted by molar-refractivity contribution is 0.0946. The number of hydrogen-bond donors (Lipinski definition) is 2. The van der Waals surface area contributed by atoms with Crippen LogP contribution >= 0.6 is 0 Å². The largest absolute Gasteiger partial charge is 0.396 e. The Labute approximate surface area is 101 Å². The Morgan fingerprint density at radius 2 is 2.06 bits per heavy atom. The van der Waals surface area contributed by atoms with E-state index in [2.05, 4.69) is 19.2 Å². The number of benzene rings is 1. The molecule has 0 unspecified atom stereocenters. The first-order valence-corrected chi connectivity index (χ1v) is 5.91. The molecule has 3 nitrogen and oxygen atoms in total. The van der Waals surface area contributed by atoms with Crippen molar-refractivity contribution in [1.29, 1.82) is 0 Å². The van der Waals surface area contributed by atoms with Gasteiger partial charge in [-0.2, -0.15) is 0 Å². The number of halogens is 1. The molecule has 0 heterocycles. The molecule has 1 rings (SSSR count). The van der Waals surface area contributed by atoms with Crippen LogP contribution in [0.5, 0.6) is 0 Å². The maximum absolute atomic E-state index is 13.2. The summed E-state index contributed by atoms with van der Waals surface area (Å²) < 4.78 is 13.2. The molecule has 17 heavy (non-hydrogen) atoms. The van der Waals surface area contributed by atoms with Crippen LogP contribution in [0.4, 0.5) is 10.1 Å². The molecule has 3 N–H and O–H groups in total. The molecular formula is C13H19FN2O. The van der Waals surface area contributed by atoms with Gasteiger partial charge in [0.1, 0.15) is 5.82 Å². The van der Waals surface area contributed by atoms with Crippen molar-refractivity contribution < 1.29 is 9.18 Å². The molecule has 1 aromatic carbocycles. The van der Waals surface area contributed by atoms with Crippen LogP contribution in [0, 0.1) is 11.7 Å². The van der Waals surface area contributed by atoms with Crippen LogP contribution in [0.25, 0.3) is 0 Å². The van der Waals surface area contributed by atoms with E-state index in [1.165, 1.54) is 12.1 Å². The molecule has 1 amide bonds. The van der Waals surface area contributed by atoms with E-state index in [1.807, 2.05) is 0 Å². The number of carbonyl (C=O) groups is 1. The summed E-state index contributed by atoms with van der Waals surface area (Å²) in [5.74, 6) is -0.339. The summed E-state index contributed by atoms with van der Waals surface area (Å²) in [5, 5.41) is 2.80. The van der Waals surface area contributed by atoms with E-state index in [1.54, 1.807) is 0 Å². The average Bonchev–Trinajstić information content (AvgIpc) is 2.33. The minimum atomic E-state index is -0.555. The van der Waals surface area contributed by atoms with Gasteiger partial charge in [0.25, 0.3) is 5.91 Å². The summed E-state index contributed by atoms with van der Waals surface area (Å²) in [5.41, 5.74) is 5.71. The molecule has 0 saturated carbocycles. The summed E-state index contributed by atoms with van der Waals surface area (Å²) in [6.07, 6.45) is 2.04. The van der Waals surface area contributed by atoms with Crippen molar-refractivity contribution in [3.8, 4) is 0 Å². The molecule has 0 aromatic heterocycles. The average molecular weight is 238 g/mol. The van der Waals surface area contributed by atoms with Gasteiger partial charge in [0, 0.05) is 12.1 Å². The number of amides is 1. The van der Waals surface area contributed by atoms with Crippen LogP contribution < -0.4 is 11.1 Å². The Morgan fingerprint density at radius 3 is 2.59 bits per heavy atom. The zero-order valence-corrected chi connectivity index (χ0v) is 10.3. The van der Waals surface area contributed by atoms with Gasteiger partial charge >= 0.3 is 0 Å². The Morgan fingerprint density at radius 1 is 1.41 bits per heavy atom. The highest BCUT2D eigenvalue weighted by atomic mass is 19.1. The Kier molecular flexibility index (Phi) is 4.94. The molecule has 1 aromatic rings. The van der Waals surface area contributed by atoms with Gasteiger partial charge in [-0.1, -0.05) is 26.7 Å². The number of nitrogens with one attached hydrogen (secondary N) is 1. The van der Waals surface area contributed by atoms with E-state index in [0.29, 0.717) is 18.0 Å². The molecule has 0 fully saturated rings. The van der Waals surface area contributed by atoms with E-state index in [0.717, 1.165) is 18.9 Å². The smallest absolute Gasteiger partial charge is 0.251 e. The van der Waals surface area contributed by atoms with E-state index >= 15 is 0 Å². The SMILES string of the molecule is CCC(CC)CNC(=O)c1ccc(N)c(F)c1. The molecule has 0 saturated heterocycles. The highest BCUT2D eigenvalue weighted by Crippen LogP contribution is 2.12. The third-order valence-corrected chi connectivity index (χ3v) is 2.97. The number of anilines is 1. The fourth-order valence-electron chi connectivity index (χ4n) is 1.58. The lowest BCUT2D eigenvalue weighted by atomic mass is 10.0. The lowest BCUT2D eigenvalue weighted by Gasteiger charge is -2.13. The monoisotopic (exact) mass is 238 g/mol. The van der Waals surface area contributed by atoms with Gasteiger partial charge in [0.15, 0.2) is 0 Å². The summed E-state index contributed by atoms with van der Waals surface area (Å²) in [6, 6.07) is 4.10. The van der Waals surface area contributed by atoms with Crippen molar-refractivity contribution in [2.45, 2.75) is 26.7 Å². The van der Waals surface area contributed by atoms with Crippen molar-refractivity contribution in [2.75, 3.05) is 12.3 Å². The Bertz CT molecular complexity index is 389. The third kappa shape index (κ3) is 3.73. The van der Waals surface area contributed by atoms with E-state index in [-0.39, 0.29) is 11.6 Å². The van der Waals surface area contributed by atoms with Gasteiger partial charge in [-0.05, 0) is 24.1 Å². The Hall–Kier alpha value is -1.58. The number of carbonyl (C=O) groups excluding carboxylic acids is 1. The second-order valence-corrected chi connectivity index (χ2v) is 4.13. The number of nitrogens with two attached hydrogens (primary N) is 1. The molecule has 0 aliphatic rings.